The second-order valence-electron chi connectivity index (χ2n) is 5.19. The van der Waals surface area contributed by atoms with E-state index in [1.165, 1.54) is 0 Å². The summed E-state index contributed by atoms with van der Waals surface area (Å²) in [5.74, 6) is -0.0597. The SMILES string of the molecule is CCOC(=O)COc1ccccc1/C=C1\C(=O)Nc2ccccc21. The number of ether oxygens (including phenoxy) is 2. The molecule has 1 aliphatic rings. The monoisotopic (exact) mass is 323 g/mol. The van der Waals surface area contributed by atoms with E-state index in [0.29, 0.717) is 17.9 Å². The fourth-order valence-corrected chi connectivity index (χ4v) is 2.51. The number of carbonyl (C=O) groups excluding carboxylic acids is 2. The summed E-state index contributed by atoms with van der Waals surface area (Å²) in [7, 11) is 0. The number of nitrogens with one attached hydrogen (secondary N) is 1. The Kier molecular flexibility index (Phi) is 4.61. The minimum absolute atomic E-state index is 0.156. The first-order valence-corrected chi connectivity index (χ1v) is 7.69. The molecule has 0 aromatic heterocycles. The molecule has 2 aromatic rings. The molecule has 0 aliphatic carbocycles. The average Bonchev–Trinajstić information content (AvgIpc) is 2.90. The van der Waals surface area contributed by atoms with Crippen LogP contribution in [0.2, 0.25) is 0 Å². The van der Waals surface area contributed by atoms with E-state index in [-0.39, 0.29) is 12.5 Å². The highest BCUT2D eigenvalue weighted by Crippen LogP contribution is 2.34. The van der Waals surface area contributed by atoms with Gasteiger partial charge in [-0.3, -0.25) is 4.79 Å². The molecule has 0 saturated heterocycles. The van der Waals surface area contributed by atoms with Crippen LogP contribution in [-0.2, 0) is 14.3 Å². The fraction of sp³-hybridized carbons (Fsp3) is 0.158. The van der Waals surface area contributed by atoms with Crippen LogP contribution in [0.3, 0.4) is 0 Å². The van der Waals surface area contributed by atoms with E-state index in [0.717, 1.165) is 16.8 Å². The van der Waals surface area contributed by atoms with Crippen molar-refractivity contribution in [3.05, 3.63) is 59.7 Å². The normalized spacial score (nSPS) is 14.2. The zero-order valence-electron chi connectivity index (χ0n) is 13.2. The molecule has 1 heterocycles. The molecule has 0 unspecified atom stereocenters. The maximum Gasteiger partial charge on any atom is 0.344 e. The Balaban J connectivity index is 1.88. The van der Waals surface area contributed by atoms with Gasteiger partial charge in [-0.1, -0.05) is 36.4 Å². The minimum atomic E-state index is -0.427. The van der Waals surface area contributed by atoms with Gasteiger partial charge in [-0.2, -0.15) is 0 Å². The topological polar surface area (TPSA) is 64.6 Å². The number of rotatable bonds is 5. The largest absolute Gasteiger partial charge is 0.481 e. The van der Waals surface area contributed by atoms with Crippen LogP contribution in [0.1, 0.15) is 18.1 Å². The van der Waals surface area contributed by atoms with Crippen LogP contribution < -0.4 is 10.1 Å². The van der Waals surface area contributed by atoms with E-state index >= 15 is 0 Å². The maximum atomic E-state index is 12.2. The Labute approximate surface area is 139 Å². The van der Waals surface area contributed by atoms with E-state index in [1.807, 2.05) is 42.5 Å². The van der Waals surface area contributed by atoms with Gasteiger partial charge in [-0.05, 0) is 25.1 Å². The van der Waals surface area contributed by atoms with Crippen LogP contribution in [0, 0.1) is 0 Å². The van der Waals surface area contributed by atoms with Crippen molar-refractivity contribution in [1.82, 2.24) is 0 Å². The number of benzene rings is 2. The molecule has 0 spiro atoms. The molecule has 5 heteroatoms. The lowest BCUT2D eigenvalue weighted by atomic mass is 10.0. The summed E-state index contributed by atoms with van der Waals surface area (Å²) in [6.45, 7) is 1.88. The minimum Gasteiger partial charge on any atom is -0.481 e. The van der Waals surface area contributed by atoms with Crippen molar-refractivity contribution in [3.8, 4) is 5.75 Å². The molecule has 3 rings (SSSR count). The second kappa shape index (κ2) is 7.00. The fourth-order valence-electron chi connectivity index (χ4n) is 2.51. The number of carbonyl (C=O) groups is 2. The zero-order chi connectivity index (χ0) is 16.9. The van der Waals surface area contributed by atoms with Crippen LogP contribution >= 0.6 is 0 Å². The first-order valence-electron chi connectivity index (χ1n) is 7.69. The Morgan fingerprint density at radius 3 is 2.71 bits per heavy atom. The van der Waals surface area contributed by atoms with E-state index < -0.39 is 5.97 Å². The van der Waals surface area contributed by atoms with Crippen LogP contribution in [0.5, 0.6) is 5.75 Å². The summed E-state index contributed by atoms with van der Waals surface area (Å²) < 4.78 is 10.4. The Morgan fingerprint density at radius 2 is 1.88 bits per heavy atom. The molecule has 1 aliphatic heterocycles. The van der Waals surface area contributed by atoms with E-state index in [2.05, 4.69) is 5.32 Å². The second-order valence-corrected chi connectivity index (χ2v) is 5.19. The standard InChI is InChI=1S/C19H17NO4/c1-2-23-18(21)12-24-17-10-6-3-7-13(17)11-15-14-8-4-5-9-16(14)20-19(15)22/h3-11H,2,12H2,1H3,(H,20,22)/b15-11-. The molecule has 0 radical (unpaired) electrons. The van der Waals surface area contributed by atoms with Crippen molar-refractivity contribution in [2.75, 3.05) is 18.5 Å². The van der Waals surface area contributed by atoms with Gasteiger partial charge in [0, 0.05) is 22.4 Å². The Morgan fingerprint density at radius 1 is 1.12 bits per heavy atom. The molecule has 1 amide bonds. The summed E-state index contributed by atoms with van der Waals surface area (Å²) in [4.78, 5) is 23.7. The van der Waals surface area contributed by atoms with Gasteiger partial charge >= 0.3 is 5.97 Å². The maximum absolute atomic E-state index is 12.2. The summed E-state index contributed by atoms with van der Waals surface area (Å²) >= 11 is 0. The molecular weight excluding hydrogens is 306 g/mol. The highest BCUT2D eigenvalue weighted by Gasteiger charge is 2.23. The van der Waals surface area contributed by atoms with Gasteiger partial charge in [-0.25, -0.2) is 4.79 Å². The van der Waals surface area contributed by atoms with Gasteiger partial charge in [0.2, 0.25) is 0 Å². The summed E-state index contributed by atoms with van der Waals surface area (Å²) in [5, 5.41) is 2.83. The number of anilines is 1. The average molecular weight is 323 g/mol. The smallest absolute Gasteiger partial charge is 0.344 e. The molecule has 0 saturated carbocycles. The van der Waals surface area contributed by atoms with Gasteiger partial charge < -0.3 is 14.8 Å². The number of fused-ring (bicyclic) bond motifs is 1. The lowest BCUT2D eigenvalue weighted by molar-refractivity contribution is -0.145. The van der Waals surface area contributed by atoms with Crippen molar-refractivity contribution in [3.63, 3.8) is 0 Å². The third kappa shape index (κ3) is 3.30. The first kappa shape index (κ1) is 15.8. The molecule has 0 fully saturated rings. The third-order valence-electron chi connectivity index (χ3n) is 3.58. The van der Waals surface area contributed by atoms with Gasteiger partial charge in [-0.15, -0.1) is 0 Å². The van der Waals surface area contributed by atoms with E-state index in [9.17, 15) is 9.59 Å². The molecular formula is C19H17NO4. The number of amides is 1. The Hall–Kier alpha value is -3.08. The first-order chi connectivity index (χ1) is 11.7. The molecule has 122 valence electrons. The van der Waals surface area contributed by atoms with Gasteiger partial charge in [0.05, 0.1) is 6.61 Å². The lowest BCUT2D eigenvalue weighted by Gasteiger charge is -2.09. The van der Waals surface area contributed by atoms with Gasteiger partial charge in [0.1, 0.15) is 5.75 Å². The number of esters is 1. The quantitative estimate of drug-likeness (QED) is 0.678. The lowest BCUT2D eigenvalue weighted by Crippen LogP contribution is -2.15. The van der Waals surface area contributed by atoms with Crippen molar-refractivity contribution >= 4 is 29.2 Å². The predicted octanol–water partition coefficient (Wildman–Crippen LogP) is 3.12. The number of hydrogen-bond donors (Lipinski definition) is 1. The van der Waals surface area contributed by atoms with Crippen molar-refractivity contribution in [1.29, 1.82) is 0 Å². The van der Waals surface area contributed by atoms with Crippen LogP contribution in [-0.4, -0.2) is 25.1 Å². The predicted molar refractivity (Wildman–Crippen MR) is 91.5 cm³/mol. The van der Waals surface area contributed by atoms with Crippen LogP contribution in [0.25, 0.3) is 11.6 Å². The Bertz CT molecular complexity index is 811. The number of hydrogen-bond acceptors (Lipinski definition) is 4. The molecule has 5 nitrogen and oxygen atoms in total. The highest BCUT2D eigenvalue weighted by molar-refractivity contribution is 6.35. The highest BCUT2D eigenvalue weighted by atomic mass is 16.6. The zero-order valence-corrected chi connectivity index (χ0v) is 13.2. The van der Waals surface area contributed by atoms with E-state index in [4.69, 9.17) is 9.47 Å². The van der Waals surface area contributed by atoms with Gasteiger partial charge in [0.15, 0.2) is 6.61 Å². The third-order valence-corrected chi connectivity index (χ3v) is 3.58. The van der Waals surface area contributed by atoms with Gasteiger partial charge in [0.25, 0.3) is 5.91 Å². The van der Waals surface area contributed by atoms with Crippen molar-refractivity contribution < 1.29 is 19.1 Å². The molecule has 2 aromatic carbocycles. The van der Waals surface area contributed by atoms with E-state index in [1.54, 1.807) is 19.1 Å². The summed E-state index contributed by atoms with van der Waals surface area (Å²) in [6, 6.07) is 14.8. The number of para-hydroxylation sites is 2. The summed E-state index contributed by atoms with van der Waals surface area (Å²) in [6.07, 6.45) is 1.77. The molecule has 24 heavy (non-hydrogen) atoms. The van der Waals surface area contributed by atoms with Crippen LogP contribution in [0.15, 0.2) is 48.5 Å². The summed E-state index contributed by atoms with van der Waals surface area (Å²) in [5.41, 5.74) is 2.93. The molecule has 0 atom stereocenters. The van der Waals surface area contributed by atoms with Crippen molar-refractivity contribution in [2.24, 2.45) is 0 Å². The van der Waals surface area contributed by atoms with Crippen molar-refractivity contribution in [2.45, 2.75) is 6.92 Å². The molecule has 1 N–H and O–H groups in total. The molecule has 0 bridgehead atoms. The van der Waals surface area contributed by atoms with Crippen LogP contribution in [0.4, 0.5) is 5.69 Å².